The standard InChI is InChI=1S/C41H30N2O/c1-40(2)29-16-6-7-17-31(29)41(32-18-8-12-22-37(32)44-38-23-13-9-19-33(38)41)34-26-28(24-25-30(34)40)43-36-21-11-10-20-35(36)42-39(43)27-14-4-3-5-15-27/h3-26H,1-2H3. The summed E-state index contributed by atoms with van der Waals surface area (Å²) >= 11 is 0. The molecule has 0 fully saturated rings. The van der Waals surface area contributed by atoms with Crippen LogP contribution in [0.2, 0.25) is 0 Å². The molecule has 0 radical (unpaired) electrons. The highest BCUT2D eigenvalue weighted by Gasteiger charge is 2.52. The van der Waals surface area contributed by atoms with Gasteiger partial charge in [0.1, 0.15) is 17.3 Å². The minimum atomic E-state index is -0.563. The Hall–Kier alpha value is -5.41. The Bertz CT molecular complexity index is 2200. The summed E-state index contributed by atoms with van der Waals surface area (Å²) in [5, 5.41) is 0. The first-order valence-electron chi connectivity index (χ1n) is 15.2. The maximum Gasteiger partial charge on any atom is 0.145 e. The lowest BCUT2D eigenvalue weighted by atomic mass is 9.53. The van der Waals surface area contributed by atoms with Crippen molar-refractivity contribution in [3.8, 4) is 28.6 Å². The van der Waals surface area contributed by atoms with Crippen molar-refractivity contribution in [2.45, 2.75) is 24.7 Å². The van der Waals surface area contributed by atoms with E-state index < -0.39 is 5.41 Å². The van der Waals surface area contributed by atoms with E-state index in [4.69, 9.17) is 9.72 Å². The van der Waals surface area contributed by atoms with Gasteiger partial charge in [0.25, 0.3) is 0 Å². The minimum absolute atomic E-state index is 0.211. The van der Waals surface area contributed by atoms with E-state index in [1.54, 1.807) is 0 Å². The van der Waals surface area contributed by atoms with Crippen molar-refractivity contribution in [2.75, 3.05) is 0 Å². The lowest BCUT2D eigenvalue weighted by Crippen LogP contribution is -2.43. The van der Waals surface area contributed by atoms with Crippen LogP contribution in [0.15, 0.2) is 146 Å². The molecule has 1 aliphatic heterocycles. The van der Waals surface area contributed by atoms with Crippen LogP contribution in [0.25, 0.3) is 28.1 Å². The first-order valence-corrected chi connectivity index (χ1v) is 15.2. The molecule has 0 amide bonds. The molecule has 0 saturated carbocycles. The van der Waals surface area contributed by atoms with Crippen molar-refractivity contribution in [2.24, 2.45) is 0 Å². The first kappa shape index (κ1) is 25.1. The fraction of sp³-hybridized carbons (Fsp3) is 0.0976. The molecule has 44 heavy (non-hydrogen) atoms. The van der Waals surface area contributed by atoms with Crippen molar-refractivity contribution in [3.63, 3.8) is 0 Å². The van der Waals surface area contributed by atoms with Crippen molar-refractivity contribution in [1.29, 1.82) is 0 Å². The van der Waals surface area contributed by atoms with Crippen LogP contribution in [-0.4, -0.2) is 9.55 Å². The normalized spacial score (nSPS) is 15.1. The van der Waals surface area contributed by atoms with Crippen molar-refractivity contribution in [3.05, 3.63) is 179 Å². The molecule has 1 aliphatic carbocycles. The topological polar surface area (TPSA) is 27.1 Å². The largest absolute Gasteiger partial charge is 0.457 e. The highest BCUT2D eigenvalue weighted by atomic mass is 16.5. The van der Waals surface area contributed by atoms with E-state index in [-0.39, 0.29) is 5.41 Å². The third-order valence-corrected chi connectivity index (χ3v) is 9.74. The molecule has 0 saturated heterocycles. The van der Waals surface area contributed by atoms with Crippen LogP contribution < -0.4 is 4.74 Å². The summed E-state index contributed by atoms with van der Waals surface area (Å²) < 4.78 is 8.93. The molecule has 6 aromatic carbocycles. The summed E-state index contributed by atoms with van der Waals surface area (Å²) in [6.45, 7) is 4.71. The Kier molecular flexibility index (Phi) is 5.16. The Morgan fingerprint density at radius 1 is 0.523 bits per heavy atom. The molecule has 0 bridgehead atoms. The molecule has 0 unspecified atom stereocenters. The second kappa shape index (κ2) is 9.05. The number of benzene rings is 6. The molecule has 3 heteroatoms. The van der Waals surface area contributed by atoms with Gasteiger partial charge in [-0.05, 0) is 58.7 Å². The van der Waals surface area contributed by atoms with E-state index in [1.807, 2.05) is 0 Å². The molecule has 1 aromatic heterocycles. The molecular weight excluding hydrogens is 536 g/mol. The van der Waals surface area contributed by atoms with Crippen molar-refractivity contribution < 1.29 is 4.74 Å². The van der Waals surface area contributed by atoms with E-state index in [1.165, 1.54) is 33.4 Å². The predicted molar refractivity (Wildman–Crippen MR) is 177 cm³/mol. The molecule has 7 aromatic rings. The smallest absolute Gasteiger partial charge is 0.145 e. The first-order chi connectivity index (χ1) is 21.6. The van der Waals surface area contributed by atoms with Gasteiger partial charge in [-0.3, -0.25) is 4.57 Å². The predicted octanol–water partition coefficient (Wildman–Crippen LogP) is 9.82. The van der Waals surface area contributed by atoms with Gasteiger partial charge >= 0.3 is 0 Å². The third kappa shape index (κ3) is 3.24. The van der Waals surface area contributed by atoms with E-state index in [0.717, 1.165) is 39.6 Å². The van der Waals surface area contributed by atoms with Crippen LogP contribution in [0.5, 0.6) is 11.5 Å². The van der Waals surface area contributed by atoms with Crippen LogP contribution in [0.4, 0.5) is 0 Å². The van der Waals surface area contributed by atoms with E-state index >= 15 is 0 Å². The van der Waals surface area contributed by atoms with Crippen LogP contribution >= 0.6 is 0 Å². The Balaban J connectivity index is 1.44. The molecule has 0 atom stereocenters. The van der Waals surface area contributed by atoms with Crippen LogP contribution in [0.3, 0.4) is 0 Å². The van der Waals surface area contributed by atoms with Crippen LogP contribution in [0.1, 0.15) is 47.2 Å². The maximum atomic E-state index is 6.61. The van der Waals surface area contributed by atoms with Crippen molar-refractivity contribution in [1.82, 2.24) is 9.55 Å². The summed E-state index contributed by atoms with van der Waals surface area (Å²) in [5.41, 5.74) is 11.0. The zero-order valence-electron chi connectivity index (χ0n) is 24.7. The molecular formula is C41H30N2O. The van der Waals surface area contributed by atoms with E-state index in [0.29, 0.717) is 0 Å². The highest BCUT2D eigenvalue weighted by molar-refractivity contribution is 5.84. The summed E-state index contributed by atoms with van der Waals surface area (Å²) in [6.07, 6.45) is 0. The monoisotopic (exact) mass is 566 g/mol. The number of aromatic nitrogens is 2. The summed E-state index contributed by atoms with van der Waals surface area (Å²) in [5.74, 6) is 2.73. The lowest BCUT2D eigenvalue weighted by molar-refractivity contribution is 0.425. The molecule has 2 heterocycles. The summed E-state index contributed by atoms with van der Waals surface area (Å²) in [7, 11) is 0. The van der Waals surface area contributed by atoms with Crippen LogP contribution in [0, 0.1) is 0 Å². The van der Waals surface area contributed by atoms with E-state index in [9.17, 15) is 0 Å². The fourth-order valence-corrected chi connectivity index (χ4v) is 7.81. The molecule has 210 valence electrons. The quantitative estimate of drug-likeness (QED) is 0.208. The van der Waals surface area contributed by atoms with Gasteiger partial charge in [-0.25, -0.2) is 4.98 Å². The van der Waals surface area contributed by atoms with Gasteiger partial charge in [0.15, 0.2) is 0 Å². The lowest BCUT2D eigenvalue weighted by Gasteiger charge is -2.50. The summed E-state index contributed by atoms with van der Waals surface area (Å²) in [6, 6.07) is 52.1. The average Bonchev–Trinajstić information content (AvgIpc) is 3.47. The Labute approximate surface area is 257 Å². The van der Waals surface area contributed by atoms with Gasteiger partial charge in [-0.15, -0.1) is 0 Å². The number of hydrogen-bond donors (Lipinski definition) is 0. The second-order valence-corrected chi connectivity index (χ2v) is 12.4. The van der Waals surface area contributed by atoms with Gasteiger partial charge in [0, 0.05) is 27.8 Å². The Morgan fingerprint density at radius 3 is 1.82 bits per heavy atom. The summed E-state index contributed by atoms with van der Waals surface area (Å²) in [4.78, 5) is 5.15. The number of fused-ring (bicyclic) bond motifs is 9. The van der Waals surface area contributed by atoms with Gasteiger partial charge in [-0.2, -0.15) is 0 Å². The van der Waals surface area contributed by atoms with Gasteiger partial charge in [0.2, 0.25) is 0 Å². The fourth-order valence-electron chi connectivity index (χ4n) is 7.81. The number of imidazole rings is 1. The van der Waals surface area contributed by atoms with E-state index in [2.05, 4.69) is 164 Å². The molecule has 0 N–H and O–H groups in total. The average molecular weight is 567 g/mol. The number of rotatable bonds is 2. The SMILES string of the molecule is CC1(C)c2ccccc2C2(c3ccccc3Oc3ccccc32)c2cc(-n3c(-c4ccccc4)nc4ccccc43)ccc21. The number of para-hydroxylation sites is 4. The number of ether oxygens (including phenoxy) is 1. The molecule has 9 rings (SSSR count). The Morgan fingerprint density at radius 2 is 1.09 bits per heavy atom. The van der Waals surface area contributed by atoms with Crippen LogP contribution in [-0.2, 0) is 10.8 Å². The van der Waals surface area contributed by atoms with Crippen molar-refractivity contribution >= 4 is 11.0 Å². The zero-order valence-corrected chi connectivity index (χ0v) is 24.7. The molecule has 1 spiro atoms. The second-order valence-electron chi connectivity index (χ2n) is 12.4. The molecule has 2 aliphatic rings. The highest BCUT2D eigenvalue weighted by Crippen LogP contribution is 2.61. The number of nitrogens with zero attached hydrogens (tertiary/aromatic N) is 2. The van der Waals surface area contributed by atoms with Gasteiger partial charge in [-0.1, -0.05) is 123 Å². The third-order valence-electron chi connectivity index (χ3n) is 9.74. The number of hydrogen-bond acceptors (Lipinski definition) is 2. The molecule has 3 nitrogen and oxygen atoms in total. The van der Waals surface area contributed by atoms with Gasteiger partial charge in [0.05, 0.1) is 16.4 Å². The maximum absolute atomic E-state index is 6.61. The minimum Gasteiger partial charge on any atom is -0.457 e. The van der Waals surface area contributed by atoms with Gasteiger partial charge < -0.3 is 4.74 Å². The zero-order chi connectivity index (χ0) is 29.5.